The minimum atomic E-state index is -0.470. The van der Waals surface area contributed by atoms with Crippen LogP contribution in [-0.2, 0) is 5.41 Å². The molecule has 0 unspecified atom stereocenters. The number of rotatable bonds is 3. The molecule has 1 aliphatic carbocycles. The van der Waals surface area contributed by atoms with Gasteiger partial charge in [0.05, 0.1) is 4.90 Å². The first-order chi connectivity index (χ1) is 7.63. The van der Waals surface area contributed by atoms with Gasteiger partial charge in [-0.2, -0.15) is 0 Å². The Bertz CT molecular complexity index is 373. The quantitative estimate of drug-likeness (QED) is 0.826. The van der Waals surface area contributed by atoms with E-state index in [1.165, 1.54) is 12.1 Å². The summed E-state index contributed by atoms with van der Waals surface area (Å²) >= 11 is 1.09. The number of halogens is 2. The van der Waals surface area contributed by atoms with Crippen molar-refractivity contribution in [3.63, 3.8) is 0 Å². The van der Waals surface area contributed by atoms with Gasteiger partial charge in [0.1, 0.15) is 11.6 Å². The highest BCUT2D eigenvalue weighted by atomic mass is 32.2. The molecule has 0 saturated heterocycles. The number of benzene rings is 1. The highest BCUT2D eigenvalue weighted by Crippen LogP contribution is 2.44. The Labute approximate surface area is 98.4 Å². The fraction of sp³-hybridized carbons (Fsp3) is 0.500. The molecular formula is C12H15F2NS. The molecule has 2 rings (SSSR count). The van der Waals surface area contributed by atoms with Crippen LogP contribution in [0.25, 0.3) is 0 Å². The molecule has 0 bridgehead atoms. The van der Waals surface area contributed by atoms with E-state index >= 15 is 0 Å². The smallest absolute Gasteiger partial charge is 0.140 e. The maximum atomic E-state index is 13.6. The summed E-state index contributed by atoms with van der Waals surface area (Å²) in [5.41, 5.74) is 6.26. The molecule has 88 valence electrons. The first kappa shape index (κ1) is 11.9. The first-order valence-electron chi connectivity index (χ1n) is 5.36. The number of nitrogens with two attached hydrogens (primary N) is 1. The van der Waals surface area contributed by atoms with E-state index in [2.05, 4.69) is 0 Å². The summed E-state index contributed by atoms with van der Waals surface area (Å²) in [7, 11) is 0. The van der Waals surface area contributed by atoms with Gasteiger partial charge < -0.3 is 5.73 Å². The van der Waals surface area contributed by atoms with Crippen LogP contribution in [0.1, 0.15) is 24.8 Å². The first-order valence-corrected chi connectivity index (χ1v) is 6.59. The molecule has 2 N–H and O–H groups in total. The zero-order valence-electron chi connectivity index (χ0n) is 9.22. The SMILES string of the molecule is CSc1c(F)cc(C2(CN)CCC2)cc1F. The normalized spacial score (nSPS) is 18.2. The zero-order valence-corrected chi connectivity index (χ0v) is 10.0. The number of hydrogen-bond donors (Lipinski definition) is 1. The van der Waals surface area contributed by atoms with Gasteiger partial charge >= 0.3 is 0 Å². The van der Waals surface area contributed by atoms with E-state index in [0.717, 1.165) is 31.0 Å². The van der Waals surface area contributed by atoms with Gasteiger partial charge in [-0.15, -0.1) is 11.8 Å². The average molecular weight is 243 g/mol. The van der Waals surface area contributed by atoms with Gasteiger partial charge in [0.2, 0.25) is 0 Å². The molecule has 0 aromatic heterocycles. The molecule has 1 fully saturated rings. The lowest BCUT2D eigenvalue weighted by Crippen LogP contribution is -2.41. The van der Waals surface area contributed by atoms with E-state index in [1.807, 2.05) is 0 Å². The lowest BCUT2D eigenvalue weighted by Gasteiger charge is -2.41. The van der Waals surface area contributed by atoms with E-state index in [9.17, 15) is 8.78 Å². The molecule has 0 atom stereocenters. The molecule has 0 spiro atoms. The van der Waals surface area contributed by atoms with Gasteiger partial charge in [-0.25, -0.2) is 8.78 Å². The van der Waals surface area contributed by atoms with Crippen molar-refractivity contribution >= 4 is 11.8 Å². The zero-order chi connectivity index (χ0) is 11.8. The third kappa shape index (κ3) is 1.74. The molecule has 1 aliphatic rings. The summed E-state index contributed by atoms with van der Waals surface area (Å²) in [4.78, 5) is 0.0928. The van der Waals surface area contributed by atoms with Gasteiger partial charge in [-0.05, 0) is 36.8 Å². The van der Waals surface area contributed by atoms with Gasteiger partial charge in [0, 0.05) is 12.0 Å². The molecule has 0 amide bonds. The molecular weight excluding hydrogens is 228 g/mol. The Hall–Kier alpha value is -0.610. The lowest BCUT2D eigenvalue weighted by atomic mass is 9.64. The van der Waals surface area contributed by atoms with Crippen molar-refractivity contribution in [1.82, 2.24) is 0 Å². The van der Waals surface area contributed by atoms with Gasteiger partial charge in [-0.3, -0.25) is 0 Å². The van der Waals surface area contributed by atoms with Crippen molar-refractivity contribution in [2.75, 3.05) is 12.8 Å². The van der Waals surface area contributed by atoms with Crippen LogP contribution in [0.5, 0.6) is 0 Å². The standard InChI is InChI=1S/C12H15F2NS/c1-16-11-9(13)5-8(6-10(11)14)12(7-15)3-2-4-12/h5-6H,2-4,7,15H2,1H3. The summed E-state index contributed by atoms with van der Waals surface area (Å²) in [6, 6.07) is 2.89. The number of thioether (sulfide) groups is 1. The largest absolute Gasteiger partial charge is 0.330 e. The van der Waals surface area contributed by atoms with Crippen LogP contribution < -0.4 is 5.73 Å². The van der Waals surface area contributed by atoms with Crippen LogP contribution in [0.15, 0.2) is 17.0 Å². The third-order valence-corrected chi connectivity index (χ3v) is 4.31. The van der Waals surface area contributed by atoms with Crippen LogP contribution in [0.4, 0.5) is 8.78 Å². The second kappa shape index (κ2) is 4.34. The second-order valence-electron chi connectivity index (χ2n) is 4.31. The highest BCUT2D eigenvalue weighted by Gasteiger charge is 2.38. The predicted molar refractivity (Wildman–Crippen MR) is 62.7 cm³/mol. The average Bonchev–Trinajstić information content (AvgIpc) is 2.16. The monoisotopic (exact) mass is 243 g/mol. The van der Waals surface area contributed by atoms with Gasteiger partial charge in [-0.1, -0.05) is 6.42 Å². The molecule has 16 heavy (non-hydrogen) atoms. The minimum Gasteiger partial charge on any atom is -0.330 e. The molecule has 1 aromatic carbocycles. The van der Waals surface area contributed by atoms with Crippen molar-refractivity contribution in [2.45, 2.75) is 29.6 Å². The van der Waals surface area contributed by atoms with E-state index in [1.54, 1.807) is 6.26 Å². The van der Waals surface area contributed by atoms with Crippen LogP contribution in [0.3, 0.4) is 0 Å². The summed E-state index contributed by atoms with van der Waals surface area (Å²) in [5, 5.41) is 0. The van der Waals surface area contributed by atoms with Crippen LogP contribution in [-0.4, -0.2) is 12.8 Å². The summed E-state index contributed by atoms with van der Waals surface area (Å²) in [6.07, 6.45) is 4.62. The van der Waals surface area contributed by atoms with Crippen molar-refractivity contribution in [1.29, 1.82) is 0 Å². The molecule has 0 radical (unpaired) electrons. The van der Waals surface area contributed by atoms with Crippen molar-refractivity contribution in [3.8, 4) is 0 Å². The maximum absolute atomic E-state index is 13.6. The Morgan fingerprint density at radius 2 is 1.88 bits per heavy atom. The Morgan fingerprint density at radius 1 is 1.31 bits per heavy atom. The Kier molecular flexibility index (Phi) is 3.22. The summed E-state index contributed by atoms with van der Waals surface area (Å²) in [6.45, 7) is 0.463. The highest BCUT2D eigenvalue weighted by molar-refractivity contribution is 7.98. The summed E-state index contributed by atoms with van der Waals surface area (Å²) < 4.78 is 27.3. The minimum absolute atomic E-state index is 0.0928. The topological polar surface area (TPSA) is 26.0 Å². The predicted octanol–water partition coefficient (Wildman–Crippen LogP) is 3.07. The lowest BCUT2D eigenvalue weighted by molar-refractivity contribution is 0.251. The summed E-state index contributed by atoms with van der Waals surface area (Å²) in [5.74, 6) is -0.940. The second-order valence-corrected chi connectivity index (χ2v) is 5.13. The Balaban J connectivity index is 2.43. The number of hydrogen-bond acceptors (Lipinski definition) is 2. The fourth-order valence-electron chi connectivity index (χ4n) is 2.28. The molecule has 4 heteroatoms. The van der Waals surface area contributed by atoms with Crippen LogP contribution >= 0.6 is 11.8 Å². The molecule has 0 aliphatic heterocycles. The Morgan fingerprint density at radius 3 is 2.19 bits per heavy atom. The van der Waals surface area contributed by atoms with Crippen LogP contribution in [0.2, 0.25) is 0 Å². The molecule has 1 aromatic rings. The van der Waals surface area contributed by atoms with Gasteiger partial charge in [0.25, 0.3) is 0 Å². The fourth-order valence-corrected chi connectivity index (χ4v) is 2.78. The van der Waals surface area contributed by atoms with Crippen LogP contribution in [0, 0.1) is 11.6 Å². The molecule has 1 saturated carbocycles. The van der Waals surface area contributed by atoms with E-state index < -0.39 is 11.6 Å². The molecule has 1 nitrogen and oxygen atoms in total. The third-order valence-electron chi connectivity index (χ3n) is 3.52. The van der Waals surface area contributed by atoms with E-state index in [0.29, 0.717) is 12.1 Å². The van der Waals surface area contributed by atoms with Gasteiger partial charge in [0.15, 0.2) is 0 Å². The van der Waals surface area contributed by atoms with Crippen molar-refractivity contribution < 1.29 is 8.78 Å². The van der Waals surface area contributed by atoms with E-state index in [-0.39, 0.29) is 10.3 Å². The maximum Gasteiger partial charge on any atom is 0.140 e. The van der Waals surface area contributed by atoms with E-state index in [4.69, 9.17) is 5.73 Å². The van der Waals surface area contributed by atoms with Crippen molar-refractivity contribution in [3.05, 3.63) is 29.3 Å². The van der Waals surface area contributed by atoms with Crippen molar-refractivity contribution in [2.24, 2.45) is 5.73 Å². The molecule has 0 heterocycles.